The molecule has 2 unspecified atom stereocenters. The van der Waals surface area contributed by atoms with Gasteiger partial charge in [0.2, 0.25) is 0 Å². The Labute approximate surface area is 118 Å². The molecule has 2 atom stereocenters. The summed E-state index contributed by atoms with van der Waals surface area (Å²) in [7, 11) is 0.321. The Bertz CT molecular complexity index is 370. The molecule has 0 aliphatic carbocycles. The monoisotopic (exact) mass is 278 g/mol. The minimum Gasteiger partial charge on any atom is -0.418 e. The lowest BCUT2D eigenvalue weighted by molar-refractivity contribution is 0.0594. The van der Waals surface area contributed by atoms with Crippen LogP contribution < -0.4 is 0 Å². The van der Waals surface area contributed by atoms with Gasteiger partial charge in [0.25, 0.3) is 0 Å². The Hall–Kier alpha value is -0.903. The molecule has 0 fully saturated rings. The van der Waals surface area contributed by atoms with Gasteiger partial charge in [-0.1, -0.05) is 36.4 Å². The molecule has 0 bridgehead atoms. The average Bonchev–Trinajstić information content (AvgIpc) is 2.37. The number of methoxy groups -OCH3 is 1. The van der Waals surface area contributed by atoms with Crippen LogP contribution in [0.15, 0.2) is 43.0 Å². The summed E-state index contributed by atoms with van der Waals surface area (Å²) in [5.74, 6) is 0.281. The number of hydrogen-bond donors (Lipinski definition) is 0. The molecule has 0 amide bonds. The van der Waals surface area contributed by atoms with Crippen LogP contribution in [0.1, 0.15) is 18.1 Å². The zero-order chi connectivity index (χ0) is 14.3. The molecule has 0 aromatic heterocycles. The van der Waals surface area contributed by atoms with E-state index >= 15 is 0 Å². The highest BCUT2D eigenvalue weighted by atomic mass is 28.4. The Balaban J connectivity index is 2.64. The predicted octanol–water partition coefficient (Wildman–Crippen LogP) is 4.42. The van der Waals surface area contributed by atoms with Crippen LogP contribution in [-0.4, -0.2) is 22.0 Å². The molecule has 3 heteroatoms. The van der Waals surface area contributed by atoms with Crippen molar-refractivity contribution in [3.63, 3.8) is 0 Å². The minimum absolute atomic E-state index is 0.0592. The van der Waals surface area contributed by atoms with Gasteiger partial charge in [-0.15, -0.1) is 6.58 Å². The van der Waals surface area contributed by atoms with Crippen molar-refractivity contribution < 1.29 is 9.16 Å². The number of rotatable bonds is 8. The van der Waals surface area contributed by atoms with Crippen molar-refractivity contribution in [1.82, 2.24) is 0 Å². The molecular formula is C16H26O2Si. The van der Waals surface area contributed by atoms with Gasteiger partial charge in [0.15, 0.2) is 8.32 Å². The summed E-state index contributed by atoms with van der Waals surface area (Å²) in [6.07, 6.45) is 2.99. The van der Waals surface area contributed by atoms with Gasteiger partial charge in [-0.25, -0.2) is 0 Å². The number of hydrogen-bond acceptors (Lipinski definition) is 2. The van der Waals surface area contributed by atoms with Crippen molar-refractivity contribution in [1.29, 1.82) is 0 Å². The Morgan fingerprint density at radius 2 is 1.84 bits per heavy atom. The summed E-state index contributed by atoms with van der Waals surface area (Å²) in [6, 6.07) is 10.3. The molecule has 0 aliphatic heterocycles. The molecule has 0 spiro atoms. The topological polar surface area (TPSA) is 18.5 Å². The first-order valence-corrected chi connectivity index (χ1v) is 10.2. The van der Waals surface area contributed by atoms with E-state index in [9.17, 15) is 0 Å². The maximum atomic E-state index is 5.93. The average molecular weight is 278 g/mol. The van der Waals surface area contributed by atoms with E-state index in [1.807, 2.05) is 24.3 Å². The van der Waals surface area contributed by atoms with Crippen LogP contribution >= 0.6 is 0 Å². The molecule has 1 aromatic carbocycles. The van der Waals surface area contributed by atoms with Gasteiger partial charge in [0, 0.05) is 19.6 Å². The Morgan fingerprint density at radius 3 is 2.32 bits per heavy atom. The van der Waals surface area contributed by atoms with Crippen LogP contribution in [0.25, 0.3) is 0 Å². The van der Waals surface area contributed by atoms with E-state index in [1.54, 1.807) is 7.11 Å². The summed E-state index contributed by atoms with van der Waals surface area (Å²) >= 11 is 0. The Kier molecular flexibility index (Phi) is 6.49. The van der Waals surface area contributed by atoms with Crippen molar-refractivity contribution in [3.05, 3.63) is 48.6 Å². The lowest BCUT2D eigenvalue weighted by atomic mass is 9.93. The number of benzene rings is 1. The van der Waals surface area contributed by atoms with Crippen molar-refractivity contribution in [3.8, 4) is 0 Å². The highest BCUT2D eigenvalue weighted by Crippen LogP contribution is 2.29. The van der Waals surface area contributed by atoms with Gasteiger partial charge < -0.3 is 9.16 Å². The SMILES string of the molecule is C=CC(CCO[Si](C)(C)C)C(OC)c1ccccc1. The van der Waals surface area contributed by atoms with Gasteiger partial charge >= 0.3 is 0 Å². The van der Waals surface area contributed by atoms with E-state index in [-0.39, 0.29) is 12.0 Å². The summed E-state index contributed by atoms with van der Waals surface area (Å²) in [6.45, 7) is 11.4. The molecule has 0 aliphatic rings. The van der Waals surface area contributed by atoms with E-state index in [1.165, 1.54) is 5.56 Å². The maximum absolute atomic E-state index is 5.93. The van der Waals surface area contributed by atoms with Crippen LogP contribution in [-0.2, 0) is 9.16 Å². The normalized spacial score (nSPS) is 14.9. The summed E-state index contributed by atoms with van der Waals surface area (Å²) in [5.41, 5.74) is 1.20. The molecule has 0 radical (unpaired) electrons. The van der Waals surface area contributed by atoms with Gasteiger partial charge in [0.05, 0.1) is 6.10 Å². The molecule has 106 valence electrons. The second-order valence-electron chi connectivity index (χ2n) is 5.72. The molecule has 0 saturated heterocycles. The lowest BCUT2D eigenvalue weighted by Crippen LogP contribution is -2.27. The standard InChI is InChI=1S/C16H26O2Si/c1-6-14(12-13-18-19(3,4)5)16(17-2)15-10-8-7-9-11-15/h6-11,14,16H,1,12-13H2,2-5H3. The van der Waals surface area contributed by atoms with Gasteiger partial charge in [-0.3, -0.25) is 0 Å². The molecule has 0 saturated carbocycles. The van der Waals surface area contributed by atoms with Crippen molar-refractivity contribution in [2.24, 2.45) is 5.92 Å². The summed E-state index contributed by atoms with van der Waals surface area (Å²) in [4.78, 5) is 0. The summed E-state index contributed by atoms with van der Waals surface area (Å²) in [5, 5.41) is 0. The maximum Gasteiger partial charge on any atom is 0.183 e. The second-order valence-corrected chi connectivity index (χ2v) is 10.2. The first-order chi connectivity index (χ1) is 8.98. The van der Waals surface area contributed by atoms with Crippen LogP contribution in [0.5, 0.6) is 0 Å². The largest absolute Gasteiger partial charge is 0.418 e. The van der Waals surface area contributed by atoms with Gasteiger partial charge in [-0.05, 0) is 31.6 Å². The van der Waals surface area contributed by atoms with Gasteiger partial charge in [0.1, 0.15) is 0 Å². The highest BCUT2D eigenvalue weighted by Gasteiger charge is 2.21. The van der Waals surface area contributed by atoms with Crippen molar-refractivity contribution >= 4 is 8.32 Å². The van der Waals surface area contributed by atoms with Crippen molar-refractivity contribution in [2.75, 3.05) is 13.7 Å². The first kappa shape index (κ1) is 16.2. The van der Waals surface area contributed by atoms with Crippen LogP contribution in [0.4, 0.5) is 0 Å². The molecule has 1 rings (SSSR count). The molecule has 0 heterocycles. The fourth-order valence-electron chi connectivity index (χ4n) is 2.09. The van der Waals surface area contributed by atoms with Crippen LogP contribution in [0.2, 0.25) is 19.6 Å². The van der Waals surface area contributed by atoms with Crippen LogP contribution in [0, 0.1) is 5.92 Å². The third-order valence-electron chi connectivity index (χ3n) is 3.06. The third kappa shape index (κ3) is 5.72. The van der Waals surface area contributed by atoms with Crippen molar-refractivity contribution in [2.45, 2.75) is 32.2 Å². The molecule has 19 heavy (non-hydrogen) atoms. The summed E-state index contributed by atoms with van der Waals surface area (Å²) < 4.78 is 11.6. The smallest absolute Gasteiger partial charge is 0.183 e. The minimum atomic E-state index is -1.44. The molecular weight excluding hydrogens is 252 g/mol. The van der Waals surface area contributed by atoms with E-state index in [0.29, 0.717) is 0 Å². The van der Waals surface area contributed by atoms with E-state index in [4.69, 9.17) is 9.16 Å². The highest BCUT2D eigenvalue weighted by molar-refractivity contribution is 6.69. The number of ether oxygens (including phenoxy) is 1. The van der Waals surface area contributed by atoms with E-state index < -0.39 is 8.32 Å². The fraction of sp³-hybridized carbons (Fsp3) is 0.500. The molecule has 2 nitrogen and oxygen atoms in total. The Morgan fingerprint density at radius 1 is 1.21 bits per heavy atom. The first-order valence-electron chi connectivity index (χ1n) is 6.82. The molecule has 0 N–H and O–H groups in total. The van der Waals surface area contributed by atoms with E-state index in [2.05, 4.69) is 38.4 Å². The predicted molar refractivity (Wildman–Crippen MR) is 83.8 cm³/mol. The zero-order valence-electron chi connectivity index (χ0n) is 12.6. The lowest BCUT2D eigenvalue weighted by Gasteiger charge is -2.25. The third-order valence-corrected chi connectivity index (χ3v) is 4.13. The fourth-order valence-corrected chi connectivity index (χ4v) is 2.83. The van der Waals surface area contributed by atoms with E-state index in [0.717, 1.165) is 13.0 Å². The van der Waals surface area contributed by atoms with Gasteiger partial charge in [-0.2, -0.15) is 0 Å². The zero-order valence-corrected chi connectivity index (χ0v) is 13.6. The van der Waals surface area contributed by atoms with Crippen LogP contribution in [0.3, 0.4) is 0 Å². The second kappa shape index (κ2) is 7.63. The molecule has 1 aromatic rings. The quantitative estimate of drug-likeness (QED) is 0.518.